The van der Waals surface area contributed by atoms with Gasteiger partial charge >= 0.3 is 0 Å². The molecule has 1 N–H and O–H groups in total. The normalized spacial score (nSPS) is 10.3. The van der Waals surface area contributed by atoms with Gasteiger partial charge < -0.3 is 14.8 Å². The van der Waals surface area contributed by atoms with E-state index in [9.17, 15) is 0 Å². The number of halogens is 1. The Bertz CT molecular complexity index is 324. The van der Waals surface area contributed by atoms with E-state index in [1.165, 1.54) is 0 Å². The number of aromatic nitrogens is 1. The fraction of sp³-hybridized carbons (Fsp3) is 0.615. The molecule has 1 aromatic heterocycles. The summed E-state index contributed by atoms with van der Waals surface area (Å²) in [6.07, 6.45) is 3.66. The van der Waals surface area contributed by atoms with Gasteiger partial charge in [0, 0.05) is 25.2 Å². The molecule has 0 bridgehead atoms. The minimum Gasteiger partial charge on any atom is -0.490 e. The smallest absolute Gasteiger partial charge is 0.168 e. The van der Waals surface area contributed by atoms with Crippen molar-refractivity contribution in [3.05, 3.63) is 18.3 Å². The number of rotatable bonds is 10. The van der Waals surface area contributed by atoms with Gasteiger partial charge in [-0.05, 0) is 25.0 Å². The highest BCUT2D eigenvalue weighted by atomic mass is 35.5. The van der Waals surface area contributed by atoms with Crippen molar-refractivity contribution in [3.63, 3.8) is 0 Å². The standard InChI is InChI=1S/C13H21ClN2O2/c1-2-9-18-12-5-3-7-15-13(12)16-8-4-10-17-11-6-14/h3,5,7H,2,4,6,8-11H2,1H3,(H,15,16). The molecule has 0 aliphatic rings. The van der Waals surface area contributed by atoms with Crippen molar-refractivity contribution in [1.82, 2.24) is 4.98 Å². The van der Waals surface area contributed by atoms with E-state index >= 15 is 0 Å². The molecule has 102 valence electrons. The topological polar surface area (TPSA) is 43.4 Å². The molecule has 0 atom stereocenters. The van der Waals surface area contributed by atoms with Crippen molar-refractivity contribution in [1.29, 1.82) is 0 Å². The highest BCUT2D eigenvalue weighted by Gasteiger charge is 2.02. The fourth-order valence-corrected chi connectivity index (χ4v) is 1.50. The van der Waals surface area contributed by atoms with Crippen LogP contribution in [0.25, 0.3) is 0 Å². The first-order valence-electron chi connectivity index (χ1n) is 6.34. The zero-order chi connectivity index (χ0) is 13.1. The van der Waals surface area contributed by atoms with E-state index in [1.54, 1.807) is 6.20 Å². The summed E-state index contributed by atoms with van der Waals surface area (Å²) >= 11 is 5.51. The average Bonchev–Trinajstić information content (AvgIpc) is 2.41. The third kappa shape index (κ3) is 6.07. The van der Waals surface area contributed by atoms with Crippen LogP contribution < -0.4 is 10.1 Å². The van der Waals surface area contributed by atoms with Crippen molar-refractivity contribution in [3.8, 4) is 5.75 Å². The lowest BCUT2D eigenvalue weighted by Crippen LogP contribution is -2.09. The molecule has 0 aliphatic carbocycles. The number of nitrogens with one attached hydrogen (secondary N) is 1. The summed E-state index contributed by atoms with van der Waals surface area (Å²) in [5.74, 6) is 2.15. The summed E-state index contributed by atoms with van der Waals surface area (Å²) in [6, 6.07) is 3.80. The molecule has 0 aliphatic heterocycles. The first-order valence-corrected chi connectivity index (χ1v) is 6.87. The number of pyridine rings is 1. The lowest BCUT2D eigenvalue weighted by Gasteiger charge is -2.11. The molecule has 5 heteroatoms. The summed E-state index contributed by atoms with van der Waals surface area (Å²) in [5, 5.41) is 3.25. The molecule has 18 heavy (non-hydrogen) atoms. The fourth-order valence-electron chi connectivity index (χ4n) is 1.39. The van der Waals surface area contributed by atoms with Crippen LogP contribution in [0.5, 0.6) is 5.75 Å². The van der Waals surface area contributed by atoms with E-state index in [0.717, 1.165) is 31.0 Å². The Balaban J connectivity index is 2.27. The minimum atomic E-state index is 0.544. The van der Waals surface area contributed by atoms with E-state index in [2.05, 4.69) is 17.2 Å². The van der Waals surface area contributed by atoms with Crippen molar-refractivity contribution < 1.29 is 9.47 Å². The number of ether oxygens (including phenoxy) is 2. The molecule has 1 heterocycles. The summed E-state index contributed by atoms with van der Waals surface area (Å²) in [7, 11) is 0. The molecule has 0 unspecified atom stereocenters. The molecule has 0 saturated heterocycles. The summed E-state index contributed by atoms with van der Waals surface area (Å²) in [6.45, 7) is 4.91. The number of hydrogen-bond acceptors (Lipinski definition) is 4. The second kappa shape index (κ2) is 9.97. The van der Waals surface area contributed by atoms with Crippen LogP contribution in [-0.2, 0) is 4.74 Å². The van der Waals surface area contributed by atoms with Gasteiger partial charge in [0.05, 0.1) is 13.2 Å². The highest BCUT2D eigenvalue weighted by Crippen LogP contribution is 2.20. The first-order chi connectivity index (χ1) is 8.88. The van der Waals surface area contributed by atoms with Gasteiger partial charge in [-0.3, -0.25) is 0 Å². The van der Waals surface area contributed by atoms with Gasteiger partial charge in [0.2, 0.25) is 0 Å². The van der Waals surface area contributed by atoms with Gasteiger partial charge in [0.25, 0.3) is 0 Å². The van der Waals surface area contributed by atoms with Crippen LogP contribution in [0.1, 0.15) is 19.8 Å². The lowest BCUT2D eigenvalue weighted by molar-refractivity contribution is 0.149. The van der Waals surface area contributed by atoms with Gasteiger partial charge in [-0.2, -0.15) is 0 Å². The van der Waals surface area contributed by atoms with Crippen molar-refractivity contribution in [2.45, 2.75) is 19.8 Å². The van der Waals surface area contributed by atoms with Crippen molar-refractivity contribution >= 4 is 17.4 Å². The van der Waals surface area contributed by atoms with Crippen LogP contribution in [0.4, 0.5) is 5.82 Å². The van der Waals surface area contributed by atoms with Crippen molar-refractivity contribution in [2.75, 3.05) is 37.6 Å². The molecule has 0 amide bonds. The Labute approximate surface area is 114 Å². The Kier molecular flexibility index (Phi) is 8.34. The minimum absolute atomic E-state index is 0.544. The van der Waals surface area contributed by atoms with Crippen LogP contribution >= 0.6 is 11.6 Å². The zero-order valence-electron chi connectivity index (χ0n) is 10.8. The van der Waals surface area contributed by atoms with E-state index in [4.69, 9.17) is 21.1 Å². The quantitative estimate of drug-likeness (QED) is 0.525. The second-order valence-electron chi connectivity index (χ2n) is 3.78. The van der Waals surface area contributed by atoms with Gasteiger partial charge in [0.1, 0.15) is 0 Å². The van der Waals surface area contributed by atoms with Crippen LogP contribution in [0, 0.1) is 0 Å². The third-order valence-corrected chi connectivity index (χ3v) is 2.37. The highest BCUT2D eigenvalue weighted by molar-refractivity contribution is 6.17. The zero-order valence-corrected chi connectivity index (χ0v) is 11.6. The molecular weight excluding hydrogens is 252 g/mol. The van der Waals surface area contributed by atoms with Gasteiger partial charge in [-0.25, -0.2) is 4.98 Å². The van der Waals surface area contributed by atoms with E-state index in [1.807, 2.05) is 12.1 Å². The van der Waals surface area contributed by atoms with Crippen molar-refractivity contribution in [2.24, 2.45) is 0 Å². The maximum Gasteiger partial charge on any atom is 0.168 e. The maximum atomic E-state index is 5.61. The Hall–Kier alpha value is -1.00. The van der Waals surface area contributed by atoms with E-state index in [0.29, 0.717) is 25.7 Å². The molecule has 0 fully saturated rings. The maximum absolute atomic E-state index is 5.61. The molecule has 0 radical (unpaired) electrons. The predicted octanol–water partition coefficient (Wildman–Crippen LogP) is 2.93. The SMILES string of the molecule is CCCOc1cccnc1NCCCOCCCl. The monoisotopic (exact) mass is 272 g/mol. The average molecular weight is 273 g/mol. The van der Waals surface area contributed by atoms with Gasteiger partial charge in [-0.15, -0.1) is 11.6 Å². The Morgan fingerprint density at radius 1 is 1.33 bits per heavy atom. The summed E-state index contributed by atoms with van der Waals surface area (Å²) in [5.41, 5.74) is 0. The third-order valence-electron chi connectivity index (χ3n) is 2.21. The largest absolute Gasteiger partial charge is 0.490 e. The molecule has 0 spiro atoms. The van der Waals surface area contributed by atoms with Gasteiger partial charge in [0.15, 0.2) is 11.6 Å². The summed E-state index contributed by atoms with van der Waals surface area (Å²) in [4.78, 5) is 4.27. The van der Waals surface area contributed by atoms with Crippen LogP contribution in [0.3, 0.4) is 0 Å². The molecule has 1 rings (SSSR count). The number of alkyl halides is 1. The molecule has 0 aromatic carbocycles. The molecular formula is C13H21ClN2O2. The van der Waals surface area contributed by atoms with E-state index < -0.39 is 0 Å². The second-order valence-corrected chi connectivity index (χ2v) is 4.16. The molecule has 0 saturated carbocycles. The van der Waals surface area contributed by atoms with E-state index in [-0.39, 0.29) is 0 Å². The lowest BCUT2D eigenvalue weighted by atomic mass is 10.4. The Morgan fingerprint density at radius 2 is 2.22 bits per heavy atom. The number of hydrogen-bond donors (Lipinski definition) is 1. The Morgan fingerprint density at radius 3 is 3.00 bits per heavy atom. The first kappa shape index (κ1) is 15.1. The number of anilines is 1. The molecule has 4 nitrogen and oxygen atoms in total. The molecule has 1 aromatic rings. The van der Waals surface area contributed by atoms with Crippen LogP contribution in [-0.4, -0.2) is 37.2 Å². The summed E-state index contributed by atoms with van der Waals surface area (Å²) < 4.78 is 10.9. The number of nitrogens with zero attached hydrogens (tertiary/aromatic N) is 1. The van der Waals surface area contributed by atoms with Crippen LogP contribution in [0.15, 0.2) is 18.3 Å². The predicted molar refractivity (Wildman–Crippen MR) is 74.7 cm³/mol. The van der Waals surface area contributed by atoms with Gasteiger partial charge in [-0.1, -0.05) is 6.92 Å². The van der Waals surface area contributed by atoms with Crippen LogP contribution in [0.2, 0.25) is 0 Å².